The van der Waals surface area contributed by atoms with Crippen molar-refractivity contribution in [2.45, 2.75) is 13.1 Å². The molecule has 0 saturated carbocycles. The summed E-state index contributed by atoms with van der Waals surface area (Å²) in [5.41, 5.74) is 0.830. The fraction of sp³-hybridized carbons (Fsp3) is 0.0952. The van der Waals surface area contributed by atoms with Crippen LogP contribution in [0.15, 0.2) is 60.9 Å². The van der Waals surface area contributed by atoms with Crippen molar-refractivity contribution in [3.05, 3.63) is 93.7 Å². The standard InChI is InChI=1S/C21H16Cl2F2N6S/c22-15-5-3-7-18(25)14(15)11-31-12-16(23)20(29-31)27-21(32)26-19-8-9-30(28-19)10-13-4-1-2-6-17(13)24/h1-9,12H,10-11H2,(H2,26,27,28,29,32). The number of nitrogens with zero attached hydrogens (tertiary/aromatic N) is 4. The first-order valence-electron chi connectivity index (χ1n) is 9.40. The van der Waals surface area contributed by atoms with Crippen LogP contribution in [0.3, 0.4) is 0 Å². The number of benzene rings is 2. The molecule has 0 fully saturated rings. The van der Waals surface area contributed by atoms with Crippen LogP contribution >= 0.6 is 35.4 Å². The number of nitrogens with one attached hydrogen (secondary N) is 2. The molecule has 164 valence electrons. The highest BCUT2D eigenvalue weighted by Crippen LogP contribution is 2.24. The molecule has 32 heavy (non-hydrogen) atoms. The lowest BCUT2D eigenvalue weighted by Gasteiger charge is -2.07. The van der Waals surface area contributed by atoms with Gasteiger partial charge in [-0.05, 0) is 30.4 Å². The first kappa shape index (κ1) is 22.2. The summed E-state index contributed by atoms with van der Waals surface area (Å²) in [4.78, 5) is 0. The highest BCUT2D eigenvalue weighted by molar-refractivity contribution is 7.80. The van der Waals surface area contributed by atoms with E-state index in [0.717, 1.165) is 0 Å². The van der Waals surface area contributed by atoms with Crippen molar-refractivity contribution in [2.75, 3.05) is 10.6 Å². The Morgan fingerprint density at radius 1 is 0.875 bits per heavy atom. The molecule has 0 spiro atoms. The second-order valence-electron chi connectivity index (χ2n) is 6.79. The predicted molar refractivity (Wildman–Crippen MR) is 125 cm³/mol. The molecule has 2 heterocycles. The number of halogens is 4. The Morgan fingerprint density at radius 3 is 2.44 bits per heavy atom. The number of thiocarbonyl (C=S) groups is 1. The molecule has 2 aromatic heterocycles. The largest absolute Gasteiger partial charge is 0.316 e. The van der Waals surface area contributed by atoms with Gasteiger partial charge in [-0.15, -0.1) is 0 Å². The molecule has 0 atom stereocenters. The van der Waals surface area contributed by atoms with Crippen LogP contribution in [-0.2, 0) is 13.1 Å². The van der Waals surface area contributed by atoms with Crippen molar-refractivity contribution in [2.24, 2.45) is 0 Å². The van der Waals surface area contributed by atoms with E-state index >= 15 is 0 Å². The van der Waals surface area contributed by atoms with Crippen LogP contribution in [-0.4, -0.2) is 24.7 Å². The summed E-state index contributed by atoms with van der Waals surface area (Å²) >= 11 is 17.6. The van der Waals surface area contributed by atoms with E-state index in [1.807, 2.05) is 0 Å². The Bertz CT molecular complexity index is 1250. The van der Waals surface area contributed by atoms with Crippen LogP contribution < -0.4 is 10.6 Å². The highest BCUT2D eigenvalue weighted by atomic mass is 35.5. The SMILES string of the molecule is Fc1ccccc1Cn1ccc(NC(=S)Nc2nn(Cc3c(F)cccc3Cl)cc2Cl)n1. The quantitative estimate of drug-likeness (QED) is 0.344. The maximum atomic E-state index is 14.0. The Hall–Kier alpha value is -3.01. The minimum atomic E-state index is -0.429. The van der Waals surface area contributed by atoms with Crippen molar-refractivity contribution in [3.63, 3.8) is 0 Å². The van der Waals surface area contributed by atoms with E-state index in [4.69, 9.17) is 35.4 Å². The van der Waals surface area contributed by atoms with Crippen LogP contribution in [0.4, 0.5) is 20.4 Å². The minimum absolute atomic E-state index is 0.105. The molecule has 0 bridgehead atoms. The zero-order valence-corrected chi connectivity index (χ0v) is 18.7. The Labute approximate surface area is 197 Å². The monoisotopic (exact) mass is 492 g/mol. The molecule has 4 aromatic rings. The summed E-state index contributed by atoms with van der Waals surface area (Å²) in [7, 11) is 0. The van der Waals surface area contributed by atoms with E-state index in [1.165, 1.54) is 22.9 Å². The van der Waals surface area contributed by atoms with Crippen LogP contribution in [0.5, 0.6) is 0 Å². The second-order valence-corrected chi connectivity index (χ2v) is 8.02. The third-order valence-electron chi connectivity index (χ3n) is 4.50. The summed E-state index contributed by atoms with van der Waals surface area (Å²) in [6.07, 6.45) is 3.25. The Balaban J connectivity index is 1.39. The molecule has 2 aromatic carbocycles. The van der Waals surface area contributed by atoms with Gasteiger partial charge in [0.25, 0.3) is 0 Å². The highest BCUT2D eigenvalue weighted by Gasteiger charge is 2.13. The molecule has 6 nitrogen and oxygen atoms in total. The number of hydrogen-bond donors (Lipinski definition) is 2. The second kappa shape index (κ2) is 9.64. The molecule has 0 aliphatic heterocycles. The molecule has 2 N–H and O–H groups in total. The number of hydrogen-bond acceptors (Lipinski definition) is 3. The van der Waals surface area contributed by atoms with Crippen molar-refractivity contribution in [3.8, 4) is 0 Å². The van der Waals surface area contributed by atoms with Crippen LogP contribution in [0.1, 0.15) is 11.1 Å². The molecule has 0 aliphatic carbocycles. The fourth-order valence-corrected chi connectivity index (χ4v) is 3.60. The minimum Gasteiger partial charge on any atom is -0.316 e. The third kappa shape index (κ3) is 5.24. The van der Waals surface area contributed by atoms with Gasteiger partial charge in [0, 0.05) is 34.6 Å². The third-order valence-corrected chi connectivity index (χ3v) is 5.34. The van der Waals surface area contributed by atoms with Gasteiger partial charge in [0.05, 0.1) is 13.1 Å². The number of anilines is 2. The predicted octanol–water partition coefficient (Wildman–Crippen LogP) is 5.57. The van der Waals surface area contributed by atoms with Crippen LogP contribution in [0.25, 0.3) is 0 Å². The van der Waals surface area contributed by atoms with Crippen molar-refractivity contribution in [1.29, 1.82) is 0 Å². The maximum absolute atomic E-state index is 14.0. The van der Waals surface area contributed by atoms with Crippen molar-refractivity contribution >= 4 is 52.2 Å². The van der Waals surface area contributed by atoms with E-state index in [0.29, 0.717) is 32.8 Å². The van der Waals surface area contributed by atoms with Crippen LogP contribution in [0.2, 0.25) is 10.0 Å². The van der Waals surface area contributed by atoms with Crippen LogP contribution in [0, 0.1) is 11.6 Å². The molecule has 0 unspecified atom stereocenters. The van der Waals surface area contributed by atoms with E-state index in [1.54, 1.807) is 47.4 Å². The zero-order valence-electron chi connectivity index (χ0n) is 16.4. The summed E-state index contributed by atoms with van der Waals surface area (Å²) in [5.74, 6) is 0.0355. The van der Waals surface area contributed by atoms with Crippen molar-refractivity contribution in [1.82, 2.24) is 19.6 Å². The van der Waals surface area contributed by atoms with E-state index in [-0.39, 0.29) is 24.0 Å². The summed E-state index contributed by atoms with van der Waals surface area (Å²) in [6, 6.07) is 12.7. The molecular formula is C21H16Cl2F2N6S. The lowest BCUT2D eigenvalue weighted by atomic mass is 10.2. The first-order valence-corrected chi connectivity index (χ1v) is 10.6. The zero-order chi connectivity index (χ0) is 22.7. The lowest BCUT2D eigenvalue weighted by Crippen LogP contribution is -2.20. The normalized spacial score (nSPS) is 10.9. The molecule has 0 radical (unpaired) electrons. The average molecular weight is 493 g/mol. The van der Waals surface area contributed by atoms with Gasteiger partial charge >= 0.3 is 0 Å². The maximum Gasteiger partial charge on any atom is 0.177 e. The van der Waals surface area contributed by atoms with Gasteiger partial charge in [0.15, 0.2) is 16.7 Å². The lowest BCUT2D eigenvalue weighted by molar-refractivity contribution is 0.586. The number of rotatable bonds is 6. The van der Waals surface area contributed by atoms with Crippen molar-refractivity contribution < 1.29 is 8.78 Å². The molecule has 0 saturated heterocycles. The topological polar surface area (TPSA) is 59.7 Å². The van der Waals surface area contributed by atoms with Gasteiger partial charge in [-0.1, -0.05) is 47.5 Å². The summed E-state index contributed by atoms with van der Waals surface area (Å²) in [6.45, 7) is 0.386. The fourth-order valence-electron chi connectivity index (χ4n) is 2.98. The van der Waals surface area contributed by atoms with Gasteiger partial charge in [0.1, 0.15) is 16.7 Å². The first-order chi connectivity index (χ1) is 15.4. The molecule has 4 rings (SSSR count). The van der Waals surface area contributed by atoms with E-state index in [2.05, 4.69) is 20.8 Å². The van der Waals surface area contributed by atoms with E-state index in [9.17, 15) is 8.78 Å². The van der Waals surface area contributed by atoms with Gasteiger partial charge in [-0.25, -0.2) is 8.78 Å². The molecular weight excluding hydrogens is 477 g/mol. The van der Waals surface area contributed by atoms with Gasteiger partial charge < -0.3 is 10.6 Å². The summed E-state index contributed by atoms with van der Waals surface area (Å²) in [5, 5.41) is 15.2. The number of aromatic nitrogens is 4. The van der Waals surface area contributed by atoms with Gasteiger partial charge in [-0.2, -0.15) is 10.2 Å². The Kier molecular flexibility index (Phi) is 6.69. The molecule has 0 amide bonds. The summed E-state index contributed by atoms with van der Waals surface area (Å²) < 4.78 is 30.9. The van der Waals surface area contributed by atoms with E-state index < -0.39 is 5.82 Å². The Morgan fingerprint density at radius 2 is 1.66 bits per heavy atom. The van der Waals surface area contributed by atoms with Gasteiger partial charge in [-0.3, -0.25) is 9.36 Å². The molecule has 11 heteroatoms. The smallest absolute Gasteiger partial charge is 0.177 e. The molecule has 0 aliphatic rings. The van der Waals surface area contributed by atoms with Gasteiger partial charge in [0.2, 0.25) is 0 Å². The average Bonchev–Trinajstić information content (AvgIpc) is 3.32.